The van der Waals surface area contributed by atoms with Crippen molar-refractivity contribution < 1.29 is 9.66 Å². The first kappa shape index (κ1) is 28.6. The molecule has 0 bridgehead atoms. The first-order chi connectivity index (χ1) is 21.4. The fourth-order valence-corrected chi connectivity index (χ4v) is 8.17. The average molecular weight is 729 g/mol. The van der Waals surface area contributed by atoms with Crippen LogP contribution in [0.25, 0.3) is 11.8 Å². The Morgan fingerprint density at radius 3 is 2.52 bits per heavy atom. The van der Waals surface area contributed by atoms with Crippen LogP contribution >= 0.6 is 43.2 Å². The van der Waals surface area contributed by atoms with Crippen molar-refractivity contribution in [2.45, 2.75) is 25.5 Å². The molecule has 0 amide bonds. The number of nitrogens with zero attached hydrogens (tertiary/aromatic N) is 3. The van der Waals surface area contributed by atoms with Crippen molar-refractivity contribution >= 4 is 60.7 Å². The Morgan fingerprint density at radius 2 is 1.75 bits per heavy atom. The van der Waals surface area contributed by atoms with Gasteiger partial charge in [0, 0.05) is 27.7 Å². The van der Waals surface area contributed by atoms with E-state index in [9.17, 15) is 14.9 Å². The first-order valence-corrected chi connectivity index (χ1v) is 16.3. The van der Waals surface area contributed by atoms with Crippen LogP contribution in [0.2, 0.25) is 0 Å². The zero-order chi connectivity index (χ0) is 30.4. The molecule has 2 heterocycles. The van der Waals surface area contributed by atoms with Crippen molar-refractivity contribution in [2.24, 2.45) is 4.99 Å². The van der Waals surface area contributed by atoms with Crippen LogP contribution in [0.4, 0.5) is 5.69 Å². The smallest absolute Gasteiger partial charge is 0.271 e. The largest absolute Gasteiger partial charge is 0.487 e. The van der Waals surface area contributed by atoms with Gasteiger partial charge in [-0.05, 0) is 81.4 Å². The number of allylic oxidation sites excluding steroid dienone is 1. The number of ether oxygens (including phenoxy) is 1. The highest BCUT2D eigenvalue weighted by Crippen LogP contribution is 2.41. The van der Waals surface area contributed by atoms with Crippen molar-refractivity contribution in [3.05, 3.63) is 163 Å². The van der Waals surface area contributed by atoms with Crippen LogP contribution in [0.15, 0.2) is 115 Å². The molecule has 0 saturated heterocycles. The molecule has 5 aromatic rings. The Hall–Kier alpha value is -4.12. The average Bonchev–Trinajstić information content (AvgIpc) is 3.34. The van der Waals surface area contributed by atoms with Gasteiger partial charge in [0.15, 0.2) is 4.80 Å². The number of rotatable bonds is 6. The normalized spacial score (nSPS) is 15.7. The van der Waals surface area contributed by atoms with Gasteiger partial charge in [-0.1, -0.05) is 81.9 Å². The molecule has 2 aliphatic rings. The number of thiazole rings is 1. The predicted octanol–water partition coefficient (Wildman–Crippen LogP) is 7.33. The van der Waals surface area contributed by atoms with Crippen molar-refractivity contribution in [3.63, 3.8) is 0 Å². The number of aromatic nitrogens is 1. The third-order valence-electron chi connectivity index (χ3n) is 7.84. The maximum atomic E-state index is 14.2. The standard InChI is InChI=1S/C34H23Br2N3O4S/c35-24-16-23(32(28(36)18-24)43-19-20-10-13-25(14-11-20)39(41)42)17-29-33(40)38-31(22-7-2-1-3-8-22)27-15-12-21-6-4-5-9-26(21)30(27)37-34(38)44-29/h1-11,13-14,16-18,31H,12,15,19H2/b29-17+/t31-/m0/s1. The van der Waals surface area contributed by atoms with E-state index >= 15 is 0 Å². The highest BCUT2D eigenvalue weighted by atomic mass is 79.9. The SMILES string of the molecule is O=c1/c(=C\c2cc(Br)cc(Br)c2OCc2ccc([N+](=O)[O-])cc2)sc2n1[C@@H](c1ccccc1)C1=C(N=2)c2ccccc2CC1. The highest BCUT2D eigenvalue weighted by molar-refractivity contribution is 9.11. The van der Waals surface area contributed by atoms with Crippen LogP contribution in [0, 0.1) is 10.1 Å². The molecule has 7 rings (SSSR count). The van der Waals surface area contributed by atoms with E-state index in [1.807, 2.05) is 47.0 Å². The fraction of sp³-hybridized carbons (Fsp3) is 0.118. The molecule has 0 radical (unpaired) electrons. The maximum absolute atomic E-state index is 14.2. The van der Waals surface area contributed by atoms with Crippen molar-refractivity contribution in [2.75, 3.05) is 0 Å². The summed E-state index contributed by atoms with van der Waals surface area (Å²) in [4.78, 5) is 30.6. The Bertz CT molecular complexity index is 2160. The summed E-state index contributed by atoms with van der Waals surface area (Å²) in [6.45, 7) is 0.195. The molecule has 0 fully saturated rings. The van der Waals surface area contributed by atoms with E-state index in [4.69, 9.17) is 9.73 Å². The molecule has 0 unspecified atom stereocenters. The number of halogens is 2. The topological polar surface area (TPSA) is 86.7 Å². The van der Waals surface area contributed by atoms with E-state index in [1.165, 1.54) is 29.0 Å². The van der Waals surface area contributed by atoms with Crippen LogP contribution in [0.1, 0.15) is 40.3 Å². The molecule has 44 heavy (non-hydrogen) atoms. The van der Waals surface area contributed by atoms with Gasteiger partial charge in [0.2, 0.25) is 0 Å². The van der Waals surface area contributed by atoms with Gasteiger partial charge in [0.05, 0.1) is 25.7 Å². The van der Waals surface area contributed by atoms with E-state index in [0.29, 0.717) is 25.1 Å². The van der Waals surface area contributed by atoms with Crippen LogP contribution in [-0.2, 0) is 13.0 Å². The first-order valence-electron chi connectivity index (χ1n) is 13.9. The molecule has 4 aromatic carbocycles. The van der Waals surface area contributed by atoms with Gasteiger partial charge < -0.3 is 4.74 Å². The second-order valence-electron chi connectivity index (χ2n) is 10.5. The lowest BCUT2D eigenvalue weighted by molar-refractivity contribution is -0.384. The van der Waals surface area contributed by atoms with Crippen LogP contribution in [-0.4, -0.2) is 9.49 Å². The molecule has 0 saturated carbocycles. The predicted molar refractivity (Wildman–Crippen MR) is 178 cm³/mol. The van der Waals surface area contributed by atoms with Gasteiger partial charge >= 0.3 is 0 Å². The number of fused-ring (bicyclic) bond motifs is 3. The molecule has 1 aromatic heterocycles. The second-order valence-corrected chi connectivity index (χ2v) is 13.3. The van der Waals surface area contributed by atoms with E-state index in [1.54, 1.807) is 12.1 Å². The lowest BCUT2D eigenvalue weighted by atomic mass is 9.83. The third kappa shape index (κ3) is 5.27. The summed E-state index contributed by atoms with van der Waals surface area (Å²) in [7, 11) is 0. The quantitative estimate of drug-likeness (QED) is 0.135. The molecule has 1 aliphatic carbocycles. The second kappa shape index (κ2) is 11.8. The number of aryl methyl sites for hydroxylation is 1. The van der Waals surface area contributed by atoms with Gasteiger partial charge in [0.25, 0.3) is 11.2 Å². The van der Waals surface area contributed by atoms with Crippen molar-refractivity contribution in [3.8, 4) is 5.75 Å². The molecule has 1 atom stereocenters. The number of hydrogen-bond donors (Lipinski definition) is 0. The molecule has 10 heteroatoms. The van der Waals surface area contributed by atoms with E-state index < -0.39 is 4.92 Å². The Labute approximate surface area is 272 Å². The molecular formula is C34H23Br2N3O4S. The molecule has 218 valence electrons. The number of benzene rings is 4. The van der Waals surface area contributed by atoms with Gasteiger partial charge in [-0.3, -0.25) is 19.5 Å². The van der Waals surface area contributed by atoms with Crippen LogP contribution in [0.5, 0.6) is 5.75 Å². The molecule has 0 spiro atoms. The number of hydrogen-bond acceptors (Lipinski definition) is 6. The molecule has 7 nitrogen and oxygen atoms in total. The van der Waals surface area contributed by atoms with Crippen LogP contribution in [0.3, 0.4) is 0 Å². The highest BCUT2D eigenvalue weighted by Gasteiger charge is 2.32. The van der Waals surface area contributed by atoms with Gasteiger partial charge in [-0.2, -0.15) is 0 Å². The van der Waals surface area contributed by atoms with E-state index in [-0.39, 0.29) is 23.9 Å². The number of non-ortho nitro benzene ring substituents is 1. The summed E-state index contributed by atoms with van der Waals surface area (Å²) in [6, 6.07) is 28.3. The Kier molecular flexibility index (Phi) is 7.65. The summed E-state index contributed by atoms with van der Waals surface area (Å²) < 4.78 is 10.1. The zero-order valence-electron chi connectivity index (χ0n) is 23.1. The van der Waals surface area contributed by atoms with Gasteiger partial charge in [-0.25, -0.2) is 4.99 Å². The lowest BCUT2D eigenvalue weighted by Gasteiger charge is -2.30. The van der Waals surface area contributed by atoms with Crippen molar-refractivity contribution in [1.29, 1.82) is 0 Å². The summed E-state index contributed by atoms with van der Waals surface area (Å²) in [6.07, 6.45) is 3.58. The minimum absolute atomic E-state index is 0.0219. The fourth-order valence-electron chi connectivity index (χ4n) is 5.81. The van der Waals surface area contributed by atoms with Crippen LogP contribution < -0.4 is 19.6 Å². The Balaban J connectivity index is 1.34. The lowest BCUT2D eigenvalue weighted by Crippen LogP contribution is -2.38. The van der Waals surface area contributed by atoms with Crippen molar-refractivity contribution in [1.82, 2.24) is 4.57 Å². The summed E-state index contributed by atoms with van der Waals surface area (Å²) >= 11 is 8.56. The third-order valence-corrected chi connectivity index (χ3v) is 9.87. The monoisotopic (exact) mass is 727 g/mol. The van der Waals surface area contributed by atoms with E-state index in [0.717, 1.165) is 45.3 Å². The zero-order valence-corrected chi connectivity index (χ0v) is 27.1. The molecular weight excluding hydrogens is 706 g/mol. The molecule has 0 N–H and O–H groups in total. The Morgan fingerprint density at radius 1 is 1.00 bits per heavy atom. The van der Waals surface area contributed by atoms with Gasteiger partial charge in [-0.15, -0.1) is 0 Å². The minimum Gasteiger partial charge on any atom is -0.487 e. The summed E-state index contributed by atoms with van der Waals surface area (Å²) in [5.41, 5.74) is 6.99. The molecule has 1 aliphatic heterocycles. The number of nitro benzene ring substituents is 1. The van der Waals surface area contributed by atoms with Gasteiger partial charge in [0.1, 0.15) is 12.4 Å². The van der Waals surface area contributed by atoms with E-state index in [2.05, 4.69) is 62.2 Å². The minimum atomic E-state index is -0.429. The summed E-state index contributed by atoms with van der Waals surface area (Å²) in [5.74, 6) is 0.560. The maximum Gasteiger partial charge on any atom is 0.271 e. The number of nitro groups is 1. The summed E-state index contributed by atoms with van der Waals surface area (Å²) in [5, 5.41) is 11.0.